The minimum Gasteiger partial charge on any atom is -0.462 e. The lowest BCUT2D eigenvalue weighted by atomic mass is 10.2. The van der Waals surface area contributed by atoms with Gasteiger partial charge in [0.05, 0.1) is 12.2 Å². The molecule has 1 aromatic carbocycles. The largest absolute Gasteiger partial charge is 0.462 e. The number of rotatable bonds is 5. The Labute approximate surface area is 121 Å². The summed E-state index contributed by atoms with van der Waals surface area (Å²) >= 11 is 0. The van der Waals surface area contributed by atoms with Crippen LogP contribution in [0.4, 0.5) is 11.5 Å². The molecule has 0 aliphatic heterocycles. The van der Waals surface area contributed by atoms with Crippen LogP contribution in [0.15, 0.2) is 30.3 Å². The Kier molecular flexibility index (Phi) is 4.55. The molecule has 0 unspecified atom stereocenters. The summed E-state index contributed by atoms with van der Waals surface area (Å²) in [7, 11) is 0. The number of hydrogen-bond acceptors (Lipinski definition) is 5. The number of aromatic nitrogens is 2. The molecular formula is C14H16N4O3. The minimum absolute atomic E-state index is 0.245. The monoisotopic (exact) mass is 288 g/mol. The molecular weight excluding hydrogens is 272 g/mol. The van der Waals surface area contributed by atoms with E-state index in [4.69, 9.17) is 10.5 Å². The zero-order chi connectivity index (χ0) is 15.2. The fourth-order valence-electron chi connectivity index (χ4n) is 1.62. The van der Waals surface area contributed by atoms with Gasteiger partial charge >= 0.3 is 5.97 Å². The Balaban J connectivity index is 1.99. The van der Waals surface area contributed by atoms with E-state index in [9.17, 15) is 9.59 Å². The molecule has 7 nitrogen and oxygen atoms in total. The molecule has 2 rings (SSSR count). The van der Waals surface area contributed by atoms with Gasteiger partial charge in [-0.2, -0.15) is 5.10 Å². The number of nitrogens with one attached hydrogen (secondary N) is 2. The molecule has 1 heterocycles. The van der Waals surface area contributed by atoms with E-state index in [0.29, 0.717) is 17.9 Å². The van der Waals surface area contributed by atoms with Gasteiger partial charge in [0.2, 0.25) is 0 Å². The van der Waals surface area contributed by atoms with Gasteiger partial charge in [0.15, 0.2) is 0 Å². The predicted molar refractivity (Wildman–Crippen MR) is 78.0 cm³/mol. The number of nitrogens with two attached hydrogens (primary N) is 1. The van der Waals surface area contributed by atoms with Gasteiger partial charge < -0.3 is 15.8 Å². The van der Waals surface area contributed by atoms with Crippen molar-refractivity contribution in [1.82, 2.24) is 10.2 Å². The first-order valence-electron chi connectivity index (χ1n) is 6.49. The molecule has 1 amide bonds. The second-order valence-electron chi connectivity index (χ2n) is 4.37. The Bertz CT molecular complexity index is 634. The van der Waals surface area contributed by atoms with E-state index in [1.165, 1.54) is 6.07 Å². The van der Waals surface area contributed by atoms with E-state index >= 15 is 0 Å². The SMILES string of the molecule is CCCOC(=O)c1ccc(NC(=O)c2cc(N)n[nH]2)cc1. The maximum Gasteiger partial charge on any atom is 0.338 e. The van der Waals surface area contributed by atoms with E-state index in [1.54, 1.807) is 24.3 Å². The Morgan fingerprint density at radius 2 is 2.05 bits per heavy atom. The van der Waals surface area contributed by atoms with Gasteiger partial charge in [-0.1, -0.05) is 6.92 Å². The summed E-state index contributed by atoms with van der Waals surface area (Å²) in [5.74, 6) is -0.495. The van der Waals surface area contributed by atoms with Crippen molar-refractivity contribution < 1.29 is 14.3 Å². The van der Waals surface area contributed by atoms with Crippen molar-refractivity contribution in [3.63, 3.8) is 0 Å². The van der Waals surface area contributed by atoms with Crippen LogP contribution < -0.4 is 11.1 Å². The molecule has 7 heteroatoms. The van der Waals surface area contributed by atoms with Crippen molar-refractivity contribution in [2.75, 3.05) is 17.7 Å². The summed E-state index contributed by atoms with van der Waals surface area (Å²) in [6.07, 6.45) is 0.771. The third-order valence-corrected chi connectivity index (χ3v) is 2.66. The average Bonchev–Trinajstić information content (AvgIpc) is 2.92. The zero-order valence-corrected chi connectivity index (χ0v) is 11.6. The lowest BCUT2D eigenvalue weighted by Crippen LogP contribution is -2.12. The van der Waals surface area contributed by atoms with E-state index < -0.39 is 0 Å². The number of hydrogen-bond donors (Lipinski definition) is 3. The number of amides is 1. The van der Waals surface area contributed by atoms with E-state index in [1.807, 2.05) is 6.92 Å². The fraction of sp³-hybridized carbons (Fsp3) is 0.214. The summed E-state index contributed by atoms with van der Waals surface area (Å²) in [5.41, 5.74) is 6.69. The molecule has 2 aromatic rings. The molecule has 0 atom stereocenters. The summed E-state index contributed by atoms with van der Waals surface area (Å²) < 4.78 is 5.02. The second-order valence-corrected chi connectivity index (χ2v) is 4.37. The fourth-order valence-corrected chi connectivity index (χ4v) is 1.62. The highest BCUT2D eigenvalue weighted by atomic mass is 16.5. The minimum atomic E-state index is -0.379. The molecule has 0 aliphatic carbocycles. The molecule has 21 heavy (non-hydrogen) atoms. The van der Waals surface area contributed by atoms with Gasteiger partial charge in [-0.05, 0) is 30.7 Å². The number of benzene rings is 1. The summed E-state index contributed by atoms with van der Waals surface area (Å²) in [5, 5.41) is 8.86. The lowest BCUT2D eigenvalue weighted by Gasteiger charge is -2.06. The zero-order valence-electron chi connectivity index (χ0n) is 11.6. The Morgan fingerprint density at radius 3 is 2.62 bits per heavy atom. The summed E-state index contributed by atoms with van der Waals surface area (Å²) in [6.45, 7) is 2.31. The highest BCUT2D eigenvalue weighted by Gasteiger charge is 2.10. The number of carbonyl (C=O) groups is 2. The third-order valence-electron chi connectivity index (χ3n) is 2.66. The van der Waals surface area contributed by atoms with Crippen LogP contribution >= 0.6 is 0 Å². The topological polar surface area (TPSA) is 110 Å². The van der Waals surface area contributed by atoms with Crippen LogP contribution in [0.3, 0.4) is 0 Å². The molecule has 0 saturated carbocycles. The maximum atomic E-state index is 11.9. The Morgan fingerprint density at radius 1 is 1.33 bits per heavy atom. The lowest BCUT2D eigenvalue weighted by molar-refractivity contribution is 0.0505. The van der Waals surface area contributed by atoms with Crippen molar-refractivity contribution in [2.24, 2.45) is 0 Å². The van der Waals surface area contributed by atoms with Crippen LogP contribution in [0.25, 0.3) is 0 Å². The van der Waals surface area contributed by atoms with Crippen LogP contribution in [0.5, 0.6) is 0 Å². The molecule has 0 spiro atoms. The van der Waals surface area contributed by atoms with Crippen LogP contribution in [-0.4, -0.2) is 28.7 Å². The molecule has 0 aliphatic rings. The van der Waals surface area contributed by atoms with Gasteiger partial charge in [0, 0.05) is 11.8 Å². The number of nitrogens with zero attached hydrogens (tertiary/aromatic N) is 1. The maximum absolute atomic E-state index is 11.9. The number of nitrogen functional groups attached to an aromatic ring is 1. The number of carbonyl (C=O) groups excluding carboxylic acids is 2. The average molecular weight is 288 g/mol. The summed E-state index contributed by atoms with van der Waals surface area (Å²) in [6, 6.07) is 7.87. The number of ether oxygens (including phenoxy) is 1. The van der Waals surface area contributed by atoms with Gasteiger partial charge in [-0.3, -0.25) is 9.89 Å². The third kappa shape index (κ3) is 3.82. The van der Waals surface area contributed by atoms with Crippen molar-refractivity contribution >= 4 is 23.4 Å². The summed E-state index contributed by atoms with van der Waals surface area (Å²) in [4.78, 5) is 23.5. The molecule has 4 N–H and O–H groups in total. The van der Waals surface area contributed by atoms with E-state index in [-0.39, 0.29) is 23.4 Å². The molecule has 1 aromatic heterocycles. The first-order valence-corrected chi connectivity index (χ1v) is 6.49. The van der Waals surface area contributed by atoms with Crippen LogP contribution in [0, 0.1) is 0 Å². The second kappa shape index (κ2) is 6.56. The van der Waals surface area contributed by atoms with Crippen LogP contribution in [0.2, 0.25) is 0 Å². The van der Waals surface area contributed by atoms with Gasteiger partial charge in [-0.15, -0.1) is 0 Å². The van der Waals surface area contributed by atoms with Crippen molar-refractivity contribution in [2.45, 2.75) is 13.3 Å². The van der Waals surface area contributed by atoms with Gasteiger partial charge in [0.1, 0.15) is 11.5 Å². The van der Waals surface area contributed by atoms with E-state index in [0.717, 1.165) is 6.42 Å². The van der Waals surface area contributed by atoms with Crippen molar-refractivity contribution in [3.05, 3.63) is 41.6 Å². The smallest absolute Gasteiger partial charge is 0.338 e. The van der Waals surface area contributed by atoms with Crippen LogP contribution in [0.1, 0.15) is 34.2 Å². The quantitative estimate of drug-likeness (QED) is 0.727. The van der Waals surface area contributed by atoms with Crippen LogP contribution in [-0.2, 0) is 4.74 Å². The van der Waals surface area contributed by atoms with Gasteiger partial charge in [0.25, 0.3) is 5.91 Å². The molecule has 0 saturated heterocycles. The first-order chi connectivity index (χ1) is 10.1. The predicted octanol–water partition coefficient (Wildman–Crippen LogP) is 1.81. The molecule has 0 radical (unpaired) electrons. The Hall–Kier alpha value is -2.83. The normalized spacial score (nSPS) is 10.1. The van der Waals surface area contributed by atoms with Crippen molar-refractivity contribution in [3.8, 4) is 0 Å². The highest BCUT2D eigenvalue weighted by molar-refractivity contribution is 6.03. The highest BCUT2D eigenvalue weighted by Crippen LogP contribution is 2.12. The molecule has 110 valence electrons. The number of aromatic amines is 1. The first kappa shape index (κ1) is 14.6. The number of esters is 1. The van der Waals surface area contributed by atoms with E-state index in [2.05, 4.69) is 15.5 Å². The standard InChI is InChI=1S/C14H16N4O3/c1-2-7-21-14(20)9-3-5-10(6-4-9)16-13(19)11-8-12(15)18-17-11/h3-6,8H,2,7H2,1H3,(H,16,19)(H3,15,17,18). The molecule has 0 fully saturated rings. The van der Waals surface area contributed by atoms with Crippen molar-refractivity contribution in [1.29, 1.82) is 0 Å². The number of H-pyrrole nitrogens is 1. The number of anilines is 2. The van der Waals surface area contributed by atoms with Gasteiger partial charge in [-0.25, -0.2) is 4.79 Å². The molecule has 0 bridgehead atoms.